The molecule has 0 heterocycles. The maximum absolute atomic E-state index is 12.7. The summed E-state index contributed by atoms with van der Waals surface area (Å²) in [7, 11) is 0. The van der Waals surface area contributed by atoms with Crippen LogP contribution in [0, 0.1) is 0 Å². The zero-order chi connectivity index (χ0) is 12.9. The number of nitrogens with two attached hydrogens (primary N) is 1. The van der Waals surface area contributed by atoms with E-state index in [9.17, 15) is 13.2 Å². The van der Waals surface area contributed by atoms with Gasteiger partial charge in [0.2, 0.25) is 0 Å². The lowest BCUT2D eigenvalue weighted by Crippen LogP contribution is -2.11. The minimum Gasteiger partial charge on any atom is -0.492 e. The summed E-state index contributed by atoms with van der Waals surface area (Å²) in [5.41, 5.74) is 5.00. The number of thioether (sulfide) groups is 1. The number of benzene rings is 1. The molecule has 0 unspecified atom stereocenters. The van der Waals surface area contributed by atoms with Crippen molar-refractivity contribution in [1.29, 1.82) is 0 Å². The lowest BCUT2D eigenvalue weighted by Gasteiger charge is -2.14. The van der Waals surface area contributed by atoms with Crippen LogP contribution >= 0.6 is 11.8 Å². The molecule has 1 rings (SSSR count). The van der Waals surface area contributed by atoms with Gasteiger partial charge in [-0.15, -0.1) is 0 Å². The average Bonchev–Trinajstić information content (AvgIpc) is 2.28. The van der Waals surface area contributed by atoms with Crippen LogP contribution in [0.4, 0.5) is 13.2 Å². The lowest BCUT2D eigenvalue weighted by atomic mass is 10.1. The predicted octanol–water partition coefficient (Wildman–Crippen LogP) is 2.91. The van der Waals surface area contributed by atoms with Crippen molar-refractivity contribution in [2.45, 2.75) is 12.7 Å². The van der Waals surface area contributed by atoms with E-state index in [0.717, 1.165) is 6.07 Å². The van der Waals surface area contributed by atoms with Crippen molar-refractivity contribution < 1.29 is 17.9 Å². The minimum atomic E-state index is -4.42. The van der Waals surface area contributed by atoms with Crippen molar-refractivity contribution >= 4 is 11.8 Å². The third-order valence-corrected chi connectivity index (χ3v) is 2.71. The van der Waals surface area contributed by atoms with Gasteiger partial charge >= 0.3 is 6.18 Å². The summed E-state index contributed by atoms with van der Waals surface area (Å²) in [6, 6.07) is 3.91. The fourth-order valence-electron chi connectivity index (χ4n) is 1.29. The summed E-state index contributed by atoms with van der Waals surface area (Å²) in [6.45, 7) is 0.334. The molecule has 17 heavy (non-hydrogen) atoms. The Kier molecular flexibility index (Phi) is 5.14. The van der Waals surface area contributed by atoms with Gasteiger partial charge in [-0.25, -0.2) is 0 Å². The Labute approximate surface area is 102 Å². The van der Waals surface area contributed by atoms with Crippen molar-refractivity contribution in [3.63, 3.8) is 0 Å². The maximum atomic E-state index is 12.7. The maximum Gasteiger partial charge on any atom is 0.419 e. The molecule has 6 heteroatoms. The van der Waals surface area contributed by atoms with Crippen LogP contribution in [-0.2, 0) is 12.7 Å². The second-order valence-corrected chi connectivity index (χ2v) is 4.36. The van der Waals surface area contributed by atoms with E-state index in [4.69, 9.17) is 10.5 Å². The van der Waals surface area contributed by atoms with Gasteiger partial charge in [-0.05, 0) is 24.0 Å². The van der Waals surface area contributed by atoms with Gasteiger partial charge in [0, 0.05) is 12.3 Å². The molecule has 96 valence electrons. The number of halogens is 3. The number of hydrogen-bond acceptors (Lipinski definition) is 3. The van der Waals surface area contributed by atoms with Crippen LogP contribution in [0.15, 0.2) is 18.2 Å². The van der Waals surface area contributed by atoms with Crippen LogP contribution < -0.4 is 10.5 Å². The number of alkyl halides is 3. The molecule has 2 N–H and O–H groups in total. The van der Waals surface area contributed by atoms with Gasteiger partial charge in [-0.1, -0.05) is 6.07 Å². The van der Waals surface area contributed by atoms with E-state index in [-0.39, 0.29) is 18.9 Å². The Balaban J connectivity index is 2.95. The predicted molar refractivity (Wildman–Crippen MR) is 63.2 cm³/mol. The SMILES string of the molecule is CSCCOc1ccc(CN)cc1C(F)(F)F. The van der Waals surface area contributed by atoms with Gasteiger partial charge < -0.3 is 10.5 Å². The Bertz CT molecular complexity index is 368. The highest BCUT2D eigenvalue weighted by molar-refractivity contribution is 7.98. The molecule has 0 fully saturated rings. The van der Waals surface area contributed by atoms with Crippen molar-refractivity contribution in [3.05, 3.63) is 29.3 Å². The Morgan fingerprint density at radius 1 is 1.35 bits per heavy atom. The van der Waals surface area contributed by atoms with Gasteiger partial charge in [0.25, 0.3) is 0 Å². The van der Waals surface area contributed by atoms with Gasteiger partial charge in [0.05, 0.1) is 12.2 Å². The summed E-state index contributed by atoms with van der Waals surface area (Å²) >= 11 is 1.52. The van der Waals surface area contributed by atoms with Crippen LogP contribution in [0.2, 0.25) is 0 Å². The van der Waals surface area contributed by atoms with Crippen molar-refractivity contribution in [2.75, 3.05) is 18.6 Å². The number of ether oxygens (including phenoxy) is 1. The second-order valence-electron chi connectivity index (χ2n) is 3.37. The molecule has 0 saturated carbocycles. The van der Waals surface area contributed by atoms with Gasteiger partial charge in [0.1, 0.15) is 5.75 Å². The topological polar surface area (TPSA) is 35.2 Å². The average molecular weight is 265 g/mol. The number of rotatable bonds is 5. The van der Waals surface area contributed by atoms with Gasteiger partial charge in [-0.2, -0.15) is 24.9 Å². The molecule has 0 saturated heterocycles. The van der Waals surface area contributed by atoms with E-state index < -0.39 is 11.7 Å². The standard InChI is InChI=1S/C11H14F3NOS/c1-17-5-4-16-10-3-2-8(7-15)6-9(10)11(12,13)14/h2-3,6H,4-5,7,15H2,1H3. The molecule has 0 aromatic heterocycles. The Hall–Kier alpha value is -0.880. The van der Waals surface area contributed by atoms with Crippen molar-refractivity contribution in [2.24, 2.45) is 5.73 Å². The highest BCUT2D eigenvalue weighted by Crippen LogP contribution is 2.36. The molecule has 1 aromatic rings. The number of hydrogen-bond donors (Lipinski definition) is 1. The summed E-state index contributed by atoms with van der Waals surface area (Å²) in [5, 5.41) is 0. The Morgan fingerprint density at radius 2 is 2.06 bits per heavy atom. The summed E-state index contributed by atoms with van der Waals surface area (Å²) in [5.74, 6) is 0.513. The highest BCUT2D eigenvalue weighted by atomic mass is 32.2. The van der Waals surface area contributed by atoms with E-state index >= 15 is 0 Å². The first-order valence-electron chi connectivity index (χ1n) is 5.01. The van der Waals surface area contributed by atoms with Gasteiger partial charge in [-0.3, -0.25) is 0 Å². The highest BCUT2D eigenvalue weighted by Gasteiger charge is 2.34. The molecule has 0 aliphatic rings. The van der Waals surface area contributed by atoms with Crippen molar-refractivity contribution in [3.8, 4) is 5.75 Å². The van der Waals surface area contributed by atoms with Crippen LogP contribution in [0.25, 0.3) is 0 Å². The normalized spacial score (nSPS) is 11.6. The summed E-state index contributed by atoms with van der Waals surface area (Å²) in [6.07, 6.45) is -2.55. The zero-order valence-corrected chi connectivity index (χ0v) is 10.2. The molecule has 2 nitrogen and oxygen atoms in total. The molecule has 0 radical (unpaired) electrons. The van der Waals surface area contributed by atoms with E-state index in [2.05, 4.69) is 0 Å². The van der Waals surface area contributed by atoms with Crippen LogP contribution in [0.5, 0.6) is 5.75 Å². The third-order valence-electron chi connectivity index (χ3n) is 2.13. The molecular formula is C11H14F3NOS. The van der Waals surface area contributed by atoms with E-state index in [0.29, 0.717) is 11.3 Å². The zero-order valence-electron chi connectivity index (χ0n) is 9.38. The molecule has 0 aliphatic carbocycles. The fourth-order valence-corrected chi connectivity index (χ4v) is 1.54. The second kappa shape index (κ2) is 6.16. The lowest BCUT2D eigenvalue weighted by molar-refractivity contribution is -0.138. The molecule has 1 aromatic carbocycles. The van der Waals surface area contributed by atoms with Crippen LogP contribution in [-0.4, -0.2) is 18.6 Å². The smallest absolute Gasteiger partial charge is 0.419 e. The molecule has 0 atom stereocenters. The summed E-state index contributed by atoms with van der Waals surface area (Å²) < 4.78 is 43.4. The van der Waals surface area contributed by atoms with E-state index in [1.165, 1.54) is 17.8 Å². The monoisotopic (exact) mass is 265 g/mol. The van der Waals surface area contributed by atoms with Crippen LogP contribution in [0.3, 0.4) is 0 Å². The van der Waals surface area contributed by atoms with Crippen LogP contribution in [0.1, 0.15) is 11.1 Å². The van der Waals surface area contributed by atoms with E-state index in [1.54, 1.807) is 6.07 Å². The summed E-state index contributed by atoms with van der Waals surface area (Å²) in [4.78, 5) is 0. The minimum absolute atomic E-state index is 0.0776. The molecule has 0 aliphatic heterocycles. The molecule has 0 spiro atoms. The first-order chi connectivity index (χ1) is 7.99. The third kappa shape index (κ3) is 4.12. The largest absolute Gasteiger partial charge is 0.492 e. The first kappa shape index (κ1) is 14.2. The quantitative estimate of drug-likeness (QED) is 0.831. The molecule has 0 bridgehead atoms. The van der Waals surface area contributed by atoms with Crippen molar-refractivity contribution in [1.82, 2.24) is 0 Å². The molecular weight excluding hydrogens is 251 g/mol. The van der Waals surface area contributed by atoms with Gasteiger partial charge in [0.15, 0.2) is 0 Å². The fraction of sp³-hybridized carbons (Fsp3) is 0.455. The van der Waals surface area contributed by atoms with E-state index in [1.807, 2.05) is 6.26 Å². The Morgan fingerprint density at radius 3 is 2.59 bits per heavy atom. The first-order valence-corrected chi connectivity index (χ1v) is 6.40. The molecule has 0 amide bonds.